The van der Waals surface area contributed by atoms with Crippen molar-refractivity contribution >= 4 is 17.8 Å². The maximum atomic E-state index is 12.5. The van der Waals surface area contributed by atoms with E-state index in [-0.39, 0.29) is 41.6 Å². The van der Waals surface area contributed by atoms with E-state index < -0.39 is 11.9 Å². The maximum Gasteiger partial charge on any atom is 0.336 e. The number of carboxylic acids is 2. The molecule has 2 aliphatic heterocycles. The Morgan fingerprint density at radius 1 is 1.03 bits per heavy atom. The second kappa shape index (κ2) is 9.69. The van der Waals surface area contributed by atoms with Gasteiger partial charge in [-0.15, -0.1) is 0 Å². The molecule has 7 nitrogen and oxygen atoms in total. The first kappa shape index (κ1) is 21.0. The van der Waals surface area contributed by atoms with Crippen LogP contribution in [-0.2, 0) is 9.53 Å². The summed E-state index contributed by atoms with van der Waals surface area (Å²) in [5, 5.41) is 20.8. The molecule has 2 saturated heterocycles. The molecule has 2 fully saturated rings. The Balaban J connectivity index is 1.55. The number of ether oxygens (including phenoxy) is 1. The lowest BCUT2D eigenvalue weighted by Crippen LogP contribution is -2.38. The van der Waals surface area contributed by atoms with Gasteiger partial charge < -0.3 is 20.3 Å². The Bertz CT molecular complexity index is 789. The van der Waals surface area contributed by atoms with Crippen LogP contribution in [0.3, 0.4) is 0 Å². The summed E-state index contributed by atoms with van der Waals surface area (Å²) in [7, 11) is 0. The second-order valence-electron chi connectivity index (χ2n) is 7.67. The van der Waals surface area contributed by atoms with E-state index in [0.717, 1.165) is 25.7 Å². The molecule has 1 amide bonds. The van der Waals surface area contributed by atoms with Gasteiger partial charge in [-0.3, -0.25) is 9.59 Å². The molecule has 29 heavy (non-hydrogen) atoms. The van der Waals surface area contributed by atoms with Crippen molar-refractivity contribution in [2.75, 3.05) is 6.54 Å². The van der Waals surface area contributed by atoms with Gasteiger partial charge in [0.1, 0.15) is 0 Å². The maximum absolute atomic E-state index is 12.5. The van der Waals surface area contributed by atoms with E-state index in [1.165, 1.54) is 12.1 Å². The predicted octanol–water partition coefficient (Wildman–Crippen LogP) is 3.11. The van der Waals surface area contributed by atoms with E-state index in [0.29, 0.717) is 18.9 Å². The highest BCUT2D eigenvalue weighted by Gasteiger charge is 2.48. The van der Waals surface area contributed by atoms with Crippen molar-refractivity contribution < 1.29 is 29.3 Å². The summed E-state index contributed by atoms with van der Waals surface area (Å²) < 4.78 is 6.05. The third kappa shape index (κ3) is 5.23. The number of benzene rings is 1. The van der Waals surface area contributed by atoms with Crippen LogP contribution in [-0.4, -0.2) is 46.8 Å². The predicted molar refractivity (Wildman–Crippen MR) is 106 cm³/mol. The van der Waals surface area contributed by atoms with Crippen molar-refractivity contribution in [3.05, 3.63) is 47.5 Å². The molecule has 3 N–H and O–H groups in total. The van der Waals surface area contributed by atoms with E-state index in [1.807, 2.05) is 6.08 Å². The van der Waals surface area contributed by atoms with Crippen molar-refractivity contribution in [1.82, 2.24) is 5.32 Å². The fourth-order valence-corrected chi connectivity index (χ4v) is 4.40. The van der Waals surface area contributed by atoms with Crippen LogP contribution in [0.2, 0.25) is 0 Å². The van der Waals surface area contributed by atoms with Gasteiger partial charge in [0.05, 0.1) is 23.3 Å². The zero-order chi connectivity index (χ0) is 20.8. The van der Waals surface area contributed by atoms with Gasteiger partial charge in [0.2, 0.25) is 0 Å². The van der Waals surface area contributed by atoms with Gasteiger partial charge in [0, 0.05) is 18.9 Å². The molecule has 7 heteroatoms. The molecule has 4 atom stereocenters. The van der Waals surface area contributed by atoms with E-state index in [2.05, 4.69) is 11.4 Å². The minimum Gasteiger partial charge on any atom is -0.481 e. The minimum absolute atomic E-state index is 0.00460. The molecule has 0 aliphatic carbocycles. The minimum atomic E-state index is -1.12. The number of fused-ring (bicyclic) bond motifs is 2. The summed E-state index contributed by atoms with van der Waals surface area (Å²) in [4.78, 5) is 34.4. The van der Waals surface area contributed by atoms with Crippen LogP contribution >= 0.6 is 0 Å². The second-order valence-corrected chi connectivity index (χ2v) is 7.67. The number of aromatic carboxylic acids is 1. The van der Waals surface area contributed by atoms with Crippen molar-refractivity contribution in [3.63, 3.8) is 0 Å². The number of allylic oxidation sites excluding steroid dienone is 2. The Morgan fingerprint density at radius 2 is 1.72 bits per heavy atom. The first-order valence-electron chi connectivity index (χ1n) is 10.1. The third-order valence-electron chi connectivity index (χ3n) is 5.83. The summed E-state index contributed by atoms with van der Waals surface area (Å²) in [6.45, 7) is 0.450. The summed E-state index contributed by atoms with van der Waals surface area (Å²) in [5.41, 5.74) is 0.161. The molecule has 1 aromatic carbocycles. The van der Waals surface area contributed by atoms with Gasteiger partial charge >= 0.3 is 11.9 Å². The highest BCUT2D eigenvalue weighted by atomic mass is 16.5. The normalized spacial score (nSPS) is 25.4. The topological polar surface area (TPSA) is 113 Å². The first-order chi connectivity index (χ1) is 14.0. The van der Waals surface area contributed by atoms with E-state index in [4.69, 9.17) is 9.84 Å². The molecule has 2 heterocycles. The number of amides is 1. The van der Waals surface area contributed by atoms with Crippen LogP contribution in [0.1, 0.15) is 59.2 Å². The molecular weight excluding hydrogens is 374 g/mol. The lowest BCUT2D eigenvalue weighted by Gasteiger charge is -2.27. The number of carbonyl (C=O) groups excluding carboxylic acids is 1. The lowest BCUT2D eigenvalue weighted by molar-refractivity contribution is -0.137. The molecular formula is C22H27NO6. The number of aliphatic carboxylic acids is 1. The van der Waals surface area contributed by atoms with Crippen LogP contribution in [0.5, 0.6) is 0 Å². The number of unbranched alkanes of at least 4 members (excludes halogenated alkanes) is 1. The van der Waals surface area contributed by atoms with Crippen molar-refractivity contribution in [3.8, 4) is 0 Å². The van der Waals surface area contributed by atoms with Crippen LogP contribution in [0, 0.1) is 11.8 Å². The fourth-order valence-electron chi connectivity index (χ4n) is 4.40. The average Bonchev–Trinajstić information content (AvgIpc) is 3.30. The Labute approximate surface area is 169 Å². The SMILES string of the molecule is O=C(O)CCC/C=C\C[C@@H]1[C@H](CNC(=O)c2ccccc2C(=O)O)[C@H]2CC[C@@H]1O2. The molecule has 0 spiro atoms. The number of hydrogen-bond donors (Lipinski definition) is 3. The molecule has 156 valence electrons. The largest absolute Gasteiger partial charge is 0.481 e. The van der Waals surface area contributed by atoms with E-state index in [9.17, 15) is 19.5 Å². The quantitative estimate of drug-likeness (QED) is 0.410. The van der Waals surface area contributed by atoms with E-state index in [1.54, 1.807) is 12.1 Å². The van der Waals surface area contributed by atoms with Crippen molar-refractivity contribution in [2.45, 2.75) is 50.7 Å². The van der Waals surface area contributed by atoms with Gasteiger partial charge in [-0.1, -0.05) is 24.3 Å². The number of rotatable bonds is 10. The van der Waals surface area contributed by atoms with Gasteiger partial charge in [-0.2, -0.15) is 0 Å². The molecule has 1 aromatic rings. The highest BCUT2D eigenvalue weighted by Crippen LogP contribution is 2.44. The van der Waals surface area contributed by atoms with Crippen LogP contribution in [0.4, 0.5) is 0 Å². The average molecular weight is 401 g/mol. The van der Waals surface area contributed by atoms with Crippen LogP contribution in [0.15, 0.2) is 36.4 Å². The van der Waals surface area contributed by atoms with Gasteiger partial charge in [0.25, 0.3) is 5.91 Å². The monoisotopic (exact) mass is 401 g/mol. The third-order valence-corrected chi connectivity index (χ3v) is 5.83. The Morgan fingerprint density at radius 3 is 2.41 bits per heavy atom. The summed E-state index contributed by atoms with van der Waals surface area (Å²) in [5.74, 6) is -1.78. The molecule has 2 bridgehead atoms. The number of hydrogen-bond acceptors (Lipinski definition) is 4. The van der Waals surface area contributed by atoms with Gasteiger partial charge in [0.15, 0.2) is 0 Å². The van der Waals surface area contributed by atoms with Crippen LogP contribution < -0.4 is 5.32 Å². The van der Waals surface area contributed by atoms with Crippen LogP contribution in [0.25, 0.3) is 0 Å². The standard InChI is InChI=1S/C22H27NO6/c24-20(25)10-4-2-1-3-7-14-17(19-12-11-18(14)29-19)13-23-21(26)15-8-5-6-9-16(15)22(27)28/h1,3,5-6,8-9,14,17-19H,2,4,7,10-13H2,(H,23,26)(H,24,25)(H,27,28)/b3-1-/t14-,17+,18+,19-/m1/s1. The van der Waals surface area contributed by atoms with Crippen molar-refractivity contribution in [1.29, 1.82) is 0 Å². The van der Waals surface area contributed by atoms with Gasteiger partial charge in [-0.25, -0.2) is 4.79 Å². The number of carbonyl (C=O) groups is 3. The summed E-state index contributed by atoms with van der Waals surface area (Å²) >= 11 is 0. The zero-order valence-corrected chi connectivity index (χ0v) is 16.3. The first-order valence-corrected chi connectivity index (χ1v) is 10.1. The zero-order valence-electron chi connectivity index (χ0n) is 16.3. The fraction of sp³-hybridized carbons (Fsp3) is 0.500. The Hall–Kier alpha value is -2.67. The highest BCUT2D eigenvalue weighted by molar-refractivity contribution is 6.04. The molecule has 2 aliphatic rings. The molecule has 0 unspecified atom stereocenters. The van der Waals surface area contributed by atoms with Gasteiger partial charge in [-0.05, 0) is 50.2 Å². The lowest BCUT2D eigenvalue weighted by atomic mass is 9.77. The molecule has 0 saturated carbocycles. The summed E-state index contributed by atoms with van der Waals surface area (Å²) in [6.07, 6.45) is 8.80. The smallest absolute Gasteiger partial charge is 0.336 e. The number of carboxylic acid groups (broad SMARTS) is 2. The molecule has 3 rings (SSSR count). The molecule has 0 radical (unpaired) electrons. The Kier molecular flexibility index (Phi) is 7.04. The van der Waals surface area contributed by atoms with E-state index >= 15 is 0 Å². The molecule has 0 aromatic heterocycles. The van der Waals surface area contributed by atoms with Crippen molar-refractivity contribution in [2.24, 2.45) is 11.8 Å². The number of nitrogens with one attached hydrogen (secondary N) is 1. The summed E-state index contributed by atoms with van der Waals surface area (Å²) in [6, 6.07) is 6.20.